The molecule has 2 N–H and O–H groups in total. The van der Waals surface area contributed by atoms with Crippen molar-refractivity contribution in [2.45, 2.75) is 39.4 Å². The van der Waals surface area contributed by atoms with Crippen LogP contribution in [0.5, 0.6) is 0 Å². The molecule has 0 saturated heterocycles. The van der Waals surface area contributed by atoms with Crippen molar-refractivity contribution in [3.05, 3.63) is 17.5 Å². The number of rotatable bonds is 6. The summed E-state index contributed by atoms with van der Waals surface area (Å²) in [5.74, 6) is 0. The predicted molar refractivity (Wildman–Crippen MR) is 75.5 cm³/mol. The lowest BCUT2D eigenvalue weighted by Crippen LogP contribution is -2.36. The lowest BCUT2D eigenvalue weighted by Gasteiger charge is -2.10. The zero-order valence-electron chi connectivity index (χ0n) is 11.5. The molecule has 114 valence electrons. The van der Waals surface area contributed by atoms with Gasteiger partial charge in [-0.05, 0) is 38.0 Å². The molecule has 1 aromatic heterocycles. The van der Waals surface area contributed by atoms with Crippen LogP contribution in [0.2, 0.25) is 0 Å². The van der Waals surface area contributed by atoms with Gasteiger partial charge < -0.3 is 10.6 Å². The summed E-state index contributed by atoms with van der Waals surface area (Å²) in [6, 6.07) is 1.06. The van der Waals surface area contributed by atoms with Crippen LogP contribution in [-0.2, 0) is 12.7 Å². The maximum Gasteiger partial charge on any atom is 0.435 e. The maximum absolute atomic E-state index is 12.5. The normalized spacial score (nSPS) is 11.4. The second-order valence-corrected chi connectivity index (χ2v) is 4.84. The van der Waals surface area contributed by atoms with Crippen molar-refractivity contribution in [2.24, 2.45) is 0 Å². The van der Waals surface area contributed by atoms with Gasteiger partial charge in [-0.3, -0.25) is 4.68 Å². The molecule has 20 heavy (non-hydrogen) atoms. The van der Waals surface area contributed by atoms with Gasteiger partial charge in [0.1, 0.15) is 0 Å². The summed E-state index contributed by atoms with van der Waals surface area (Å²) < 4.78 is 38.8. The van der Waals surface area contributed by atoms with Crippen molar-refractivity contribution in [1.29, 1.82) is 0 Å². The number of hydrogen-bond acceptors (Lipinski definition) is 2. The minimum atomic E-state index is -4.39. The van der Waals surface area contributed by atoms with Gasteiger partial charge >= 0.3 is 6.18 Å². The Hall–Kier alpha value is -1.31. The Kier molecular flexibility index (Phi) is 6.25. The predicted octanol–water partition coefficient (Wildman–Crippen LogP) is 2.47. The summed E-state index contributed by atoms with van der Waals surface area (Å²) in [7, 11) is 0. The van der Waals surface area contributed by atoms with E-state index >= 15 is 0 Å². The highest BCUT2D eigenvalue weighted by atomic mass is 32.1. The van der Waals surface area contributed by atoms with Gasteiger partial charge in [0.25, 0.3) is 0 Å². The third-order valence-corrected chi connectivity index (χ3v) is 2.93. The Bertz CT molecular complexity index is 442. The molecule has 0 aliphatic carbocycles. The number of nitrogens with one attached hydrogen (secondary N) is 2. The summed E-state index contributed by atoms with van der Waals surface area (Å²) in [6.07, 6.45) is -2.76. The molecule has 0 unspecified atom stereocenters. The van der Waals surface area contributed by atoms with E-state index in [-0.39, 0.29) is 0 Å². The lowest BCUT2D eigenvalue weighted by atomic mass is 10.3. The maximum atomic E-state index is 12.5. The molecular weight excluding hydrogens is 289 g/mol. The van der Waals surface area contributed by atoms with Crippen LogP contribution in [0.1, 0.15) is 31.2 Å². The molecule has 1 heterocycles. The van der Waals surface area contributed by atoms with Crippen molar-refractivity contribution in [3.63, 3.8) is 0 Å². The number of nitrogens with zero attached hydrogens (tertiary/aromatic N) is 2. The van der Waals surface area contributed by atoms with Crippen molar-refractivity contribution in [3.8, 4) is 0 Å². The zero-order valence-corrected chi connectivity index (χ0v) is 12.4. The van der Waals surface area contributed by atoms with Crippen molar-refractivity contribution >= 4 is 17.3 Å². The van der Waals surface area contributed by atoms with E-state index in [1.54, 1.807) is 6.92 Å². The number of alkyl halides is 3. The van der Waals surface area contributed by atoms with Gasteiger partial charge in [0.2, 0.25) is 0 Å². The van der Waals surface area contributed by atoms with Crippen LogP contribution in [-0.4, -0.2) is 28.0 Å². The highest BCUT2D eigenvalue weighted by Gasteiger charge is 2.34. The number of halogens is 3. The smallest absolute Gasteiger partial charge is 0.363 e. The molecular formula is C12H19F3N4S. The van der Waals surface area contributed by atoms with E-state index in [0.29, 0.717) is 30.3 Å². The van der Waals surface area contributed by atoms with E-state index in [9.17, 15) is 13.2 Å². The van der Waals surface area contributed by atoms with E-state index in [1.807, 2.05) is 6.92 Å². The van der Waals surface area contributed by atoms with Gasteiger partial charge in [-0.15, -0.1) is 0 Å². The first-order valence-electron chi connectivity index (χ1n) is 6.48. The SMILES string of the molecule is CCCNC(=S)NCCCn1nc(C(F)(F)F)cc1C. The molecule has 0 aliphatic heterocycles. The van der Waals surface area contributed by atoms with Gasteiger partial charge in [-0.2, -0.15) is 18.3 Å². The van der Waals surface area contributed by atoms with Gasteiger partial charge in [0, 0.05) is 25.3 Å². The number of aryl methyl sites for hydroxylation is 2. The molecule has 0 aliphatic rings. The van der Waals surface area contributed by atoms with E-state index in [4.69, 9.17) is 12.2 Å². The summed E-state index contributed by atoms with van der Waals surface area (Å²) in [6.45, 7) is 5.47. The summed E-state index contributed by atoms with van der Waals surface area (Å²) in [5, 5.41) is 10.1. The first-order valence-corrected chi connectivity index (χ1v) is 6.88. The number of hydrogen-bond donors (Lipinski definition) is 2. The van der Waals surface area contributed by atoms with Crippen LogP contribution < -0.4 is 10.6 Å². The van der Waals surface area contributed by atoms with E-state index in [2.05, 4.69) is 15.7 Å². The fourth-order valence-electron chi connectivity index (χ4n) is 1.61. The van der Waals surface area contributed by atoms with Gasteiger partial charge in [-0.25, -0.2) is 0 Å². The summed E-state index contributed by atoms with van der Waals surface area (Å²) in [5.41, 5.74) is -0.341. The monoisotopic (exact) mass is 308 g/mol. The van der Waals surface area contributed by atoms with E-state index < -0.39 is 11.9 Å². The fraction of sp³-hybridized carbons (Fsp3) is 0.667. The summed E-state index contributed by atoms with van der Waals surface area (Å²) in [4.78, 5) is 0. The lowest BCUT2D eigenvalue weighted by molar-refractivity contribution is -0.141. The number of aromatic nitrogens is 2. The zero-order chi connectivity index (χ0) is 15.2. The first kappa shape index (κ1) is 16.7. The van der Waals surface area contributed by atoms with Crippen LogP contribution in [0, 0.1) is 6.92 Å². The largest absolute Gasteiger partial charge is 0.435 e. The molecule has 4 nitrogen and oxygen atoms in total. The van der Waals surface area contributed by atoms with E-state index in [0.717, 1.165) is 19.0 Å². The Morgan fingerprint density at radius 1 is 1.35 bits per heavy atom. The average molecular weight is 308 g/mol. The van der Waals surface area contributed by atoms with Gasteiger partial charge in [0.05, 0.1) is 0 Å². The molecule has 0 atom stereocenters. The van der Waals surface area contributed by atoms with Crippen LogP contribution in [0.15, 0.2) is 6.07 Å². The molecule has 0 bridgehead atoms. The molecule has 8 heteroatoms. The van der Waals surface area contributed by atoms with Crippen molar-refractivity contribution in [2.75, 3.05) is 13.1 Å². The van der Waals surface area contributed by atoms with Gasteiger partial charge in [-0.1, -0.05) is 6.92 Å². The van der Waals surface area contributed by atoms with Crippen molar-refractivity contribution < 1.29 is 13.2 Å². The van der Waals surface area contributed by atoms with Crippen LogP contribution in [0.25, 0.3) is 0 Å². The van der Waals surface area contributed by atoms with E-state index in [1.165, 1.54) is 4.68 Å². The second kappa shape index (κ2) is 7.47. The van der Waals surface area contributed by atoms with Crippen molar-refractivity contribution in [1.82, 2.24) is 20.4 Å². The minimum absolute atomic E-state index is 0.422. The first-order chi connectivity index (χ1) is 9.34. The van der Waals surface area contributed by atoms with Crippen LogP contribution >= 0.6 is 12.2 Å². The molecule has 0 radical (unpaired) electrons. The third-order valence-electron chi connectivity index (χ3n) is 2.64. The molecule has 0 saturated carbocycles. The van der Waals surface area contributed by atoms with Crippen LogP contribution in [0.3, 0.4) is 0 Å². The molecule has 1 aromatic rings. The quantitative estimate of drug-likeness (QED) is 0.626. The third kappa shape index (κ3) is 5.36. The molecule has 0 spiro atoms. The second-order valence-electron chi connectivity index (χ2n) is 4.43. The highest BCUT2D eigenvalue weighted by Crippen LogP contribution is 2.28. The Balaban J connectivity index is 2.36. The Morgan fingerprint density at radius 3 is 2.55 bits per heavy atom. The van der Waals surface area contributed by atoms with Crippen LogP contribution in [0.4, 0.5) is 13.2 Å². The Morgan fingerprint density at radius 2 is 2.00 bits per heavy atom. The highest BCUT2D eigenvalue weighted by molar-refractivity contribution is 7.80. The topological polar surface area (TPSA) is 41.9 Å². The Labute approximate surface area is 121 Å². The fourth-order valence-corrected chi connectivity index (χ4v) is 1.81. The average Bonchev–Trinajstić information content (AvgIpc) is 2.73. The minimum Gasteiger partial charge on any atom is -0.363 e. The standard InChI is InChI=1S/C12H19F3N4S/c1-3-5-16-11(20)17-6-4-7-19-9(2)8-10(18-19)12(13,14)15/h8H,3-7H2,1-2H3,(H2,16,17,20). The molecule has 0 amide bonds. The molecule has 0 aromatic carbocycles. The summed E-state index contributed by atoms with van der Waals surface area (Å²) >= 11 is 5.03. The molecule has 0 fully saturated rings. The van der Waals surface area contributed by atoms with Gasteiger partial charge in [0.15, 0.2) is 10.8 Å². The molecule has 1 rings (SSSR count). The number of thiocarbonyl (C=S) groups is 1.